The molecule has 2 N–H and O–H groups in total. The number of sulfone groups is 1. The van der Waals surface area contributed by atoms with E-state index >= 15 is 0 Å². The fourth-order valence-electron chi connectivity index (χ4n) is 1.84. The molecule has 0 saturated carbocycles. The van der Waals surface area contributed by atoms with Crippen molar-refractivity contribution in [1.82, 2.24) is 0 Å². The highest BCUT2D eigenvalue weighted by Gasteiger charge is 2.32. The molecular formula is C11H15NO3S. The maximum Gasteiger partial charge on any atom is 0.175 e. The Morgan fingerprint density at radius 3 is 2.38 bits per heavy atom. The molecule has 0 aliphatic carbocycles. The van der Waals surface area contributed by atoms with Crippen LogP contribution in [0.5, 0.6) is 0 Å². The van der Waals surface area contributed by atoms with Gasteiger partial charge >= 0.3 is 0 Å². The van der Waals surface area contributed by atoms with Crippen LogP contribution in [0.2, 0.25) is 0 Å². The molecule has 1 unspecified atom stereocenters. The summed E-state index contributed by atoms with van der Waals surface area (Å²) >= 11 is 0. The number of hydrogen-bond donors (Lipinski definition) is 1. The van der Waals surface area contributed by atoms with Gasteiger partial charge in [-0.3, -0.25) is 0 Å². The summed E-state index contributed by atoms with van der Waals surface area (Å²) in [5.74, 6) is 0. The zero-order chi connectivity index (χ0) is 11.8. The highest BCUT2D eigenvalue weighted by molar-refractivity contribution is 7.90. The van der Waals surface area contributed by atoms with Gasteiger partial charge in [0, 0.05) is 12.9 Å². The molecule has 0 bridgehead atoms. The largest absolute Gasteiger partial charge is 0.379 e. The SMILES string of the molecule is CS(=O)(=O)c1ccc(C2(N)CCOC2)cc1. The van der Waals surface area contributed by atoms with Crippen molar-refractivity contribution in [3.63, 3.8) is 0 Å². The average Bonchev–Trinajstić information content (AvgIpc) is 2.66. The summed E-state index contributed by atoms with van der Waals surface area (Å²) in [6.07, 6.45) is 1.96. The first-order valence-electron chi connectivity index (χ1n) is 5.09. The minimum absolute atomic E-state index is 0.318. The van der Waals surface area contributed by atoms with Crippen LogP contribution in [0.15, 0.2) is 29.2 Å². The standard InChI is InChI=1S/C11H15NO3S/c1-16(13,14)10-4-2-9(3-5-10)11(12)6-7-15-8-11/h2-5H,6-8,12H2,1H3. The molecule has 2 rings (SSSR count). The lowest BCUT2D eigenvalue weighted by atomic mass is 9.91. The maximum absolute atomic E-state index is 11.3. The molecule has 0 aromatic heterocycles. The van der Waals surface area contributed by atoms with Gasteiger partial charge in [0.2, 0.25) is 0 Å². The highest BCUT2D eigenvalue weighted by Crippen LogP contribution is 2.28. The van der Waals surface area contributed by atoms with Crippen LogP contribution < -0.4 is 5.73 Å². The van der Waals surface area contributed by atoms with Crippen LogP contribution >= 0.6 is 0 Å². The minimum atomic E-state index is -3.13. The lowest BCUT2D eigenvalue weighted by molar-refractivity contribution is 0.178. The van der Waals surface area contributed by atoms with Crippen LogP contribution in [0.1, 0.15) is 12.0 Å². The summed E-state index contributed by atoms with van der Waals surface area (Å²) in [5.41, 5.74) is 6.63. The summed E-state index contributed by atoms with van der Waals surface area (Å²) in [6.45, 7) is 1.15. The van der Waals surface area contributed by atoms with Crippen molar-refractivity contribution < 1.29 is 13.2 Å². The normalized spacial score (nSPS) is 25.9. The van der Waals surface area contributed by atoms with Gasteiger partial charge in [0.05, 0.1) is 17.0 Å². The average molecular weight is 241 g/mol. The van der Waals surface area contributed by atoms with Gasteiger partial charge in [0.1, 0.15) is 0 Å². The molecule has 0 spiro atoms. The summed E-state index contributed by atoms with van der Waals surface area (Å²) in [4.78, 5) is 0.318. The second-order valence-corrected chi connectivity index (χ2v) is 6.27. The van der Waals surface area contributed by atoms with Crippen molar-refractivity contribution in [2.75, 3.05) is 19.5 Å². The molecule has 1 aliphatic heterocycles. The Kier molecular flexibility index (Phi) is 2.77. The van der Waals surface area contributed by atoms with E-state index in [1.807, 2.05) is 0 Å². The molecule has 1 aromatic rings. The van der Waals surface area contributed by atoms with Crippen LogP contribution in [-0.2, 0) is 20.1 Å². The maximum atomic E-state index is 11.3. The first kappa shape index (κ1) is 11.6. The summed E-state index contributed by atoms with van der Waals surface area (Å²) in [7, 11) is -3.13. The van der Waals surface area contributed by atoms with Crippen LogP contribution in [0.25, 0.3) is 0 Å². The Balaban J connectivity index is 2.33. The monoisotopic (exact) mass is 241 g/mol. The molecule has 1 saturated heterocycles. The van der Waals surface area contributed by atoms with Crippen LogP contribution in [0, 0.1) is 0 Å². The van der Waals surface area contributed by atoms with Gasteiger partial charge in [-0.2, -0.15) is 0 Å². The highest BCUT2D eigenvalue weighted by atomic mass is 32.2. The van der Waals surface area contributed by atoms with Gasteiger partial charge in [0.15, 0.2) is 9.84 Å². The van der Waals surface area contributed by atoms with E-state index in [0.29, 0.717) is 18.1 Å². The van der Waals surface area contributed by atoms with E-state index in [0.717, 1.165) is 12.0 Å². The number of benzene rings is 1. The van der Waals surface area contributed by atoms with Crippen molar-refractivity contribution in [2.45, 2.75) is 16.9 Å². The molecule has 1 aliphatic rings. The molecule has 88 valence electrons. The lowest BCUT2D eigenvalue weighted by Crippen LogP contribution is -2.36. The van der Waals surface area contributed by atoms with Crippen LogP contribution in [0.4, 0.5) is 0 Å². The van der Waals surface area contributed by atoms with Crippen molar-refractivity contribution in [3.05, 3.63) is 29.8 Å². The van der Waals surface area contributed by atoms with E-state index < -0.39 is 15.4 Å². The van der Waals surface area contributed by atoms with Crippen molar-refractivity contribution >= 4 is 9.84 Å². The number of ether oxygens (including phenoxy) is 1. The Bertz CT molecular complexity index is 472. The van der Waals surface area contributed by atoms with E-state index in [9.17, 15) is 8.42 Å². The number of nitrogens with two attached hydrogens (primary N) is 1. The van der Waals surface area contributed by atoms with Crippen molar-refractivity contribution in [3.8, 4) is 0 Å². The van der Waals surface area contributed by atoms with Gasteiger partial charge in [-0.25, -0.2) is 8.42 Å². The molecule has 1 aromatic carbocycles. The summed E-state index contributed by atoms with van der Waals surface area (Å²) in [6, 6.07) is 6.73. The van der Waals surface area contributed by atoms with Crippen molar-refractivity contribution in [1.29, 1.82) is 0 Å². The van der Waals surface area contributed by atoms with E-state index in [1.54, 1.807) is 24.3 Å². The molecular weight excluding hydrogens is 226 g/mol. The van der Waals surface area contributed by atoms with Crippen molar-refractivity contribution in [2.24, 2.45) is 5.73 Å². The van der Waals surface area contributed by atoms with E-state index in [2.05, 4.69) is 0 Å². The molecule has 0 amide bonds. The molecule has 16 heavy (non-hydrogen) atoms. The Labute approximate surface area is 95.3 Å². The summed E-state index contributed by atoms with van der Waals surface area (Å²) < 4.78 is 27.8. The second kappa shape index (κ2) is 3.84. The Hall–Kier alpha value is -0.910. The van der Waals surface area contributed by atoms with E-state index in [4.69, 9.17) is 10.5 Å². The van der Waals surface area contributed by atoms with Gasteiger partial charge in [-0.05, 0) is 24.1 Å². The molecule has 1 heterocycles. The third-order valence-electron chi connectivity index (χ3n) is 2.91. The fraction of sp³-hybridized carbons (Fsp3) is 0.455. The third kappa shape index (κ3) is 2.11. The lowest BCUT2D eigenvalue weighted by Gasteiger charge is -2.22. The van der Waals surface area contributed by atoms with E-state index in [-0.39, 0.29) is 0 Å². The van der Waals surface area contributed by atoms with E-state index in [1.165, 1.54) is 6.26 Å². The quantitative estimate of drug-likeness (QED) is 0.826. The Morgan fingerprint density at radius 2 is 1.94 bits per heavy atom. The van der Waals surface area contributed by atoms with Gasteiger partial charge in [0.25, 0.3) is 0 Å². The third-order valence-corrected chi connectivity index (χ3v) is 4.04. The molecule has 0 radical (unpaired) electrons. The zero-order valence-corrected chi connectivity index (χ0v) is 9.96. The first-order valence-corrected chi connectivity index (χ1v) is 6.98. The first-order chi connectivity index (χ1) is 7.42. The predicted octanol–water partition coefficient (Wildman–Crippen LogP) is 0.664. The van der Waals surface area contributed by atoms with Crippen LogP contribution in [-0.4, -0.2) is 27.9 Å². The molecule has 1 fully saturated rings. The van der Waals surface area contributed by atoms with Gasteiger partial charge in [-0.1, -0.05) is 12.1 Å². The smallest absolute Gasteiger partial charge is 0.175 e. The second-order valence-electron chi connectivity index (χ2n) is 4.26. The number of hydrogen-bond acceptors (Lipinski definition) is 4. The molecule has 4 nitrogen and oxygen atoms in total. The minimum Gasteiger partial charge on any atom is -0.379 e. The Morgan fingerprint density at radius 1 is 1.31 bits per heavy atom. The van der Waals surface area contributed by atoms with Gasteiger partial charge < -0.3 is 10.5 Å². The van der Waals surface area contributed by atoms with Crippen LogP contribution in [0.3, 0.4) is 0 Å². The topological polar surface area (TPSA) is 69.4 Å². The van der Waals surface area contributed by atoms with Gasteiger partial charge in [-0.15, -0.1) is 0 Å². The molecule has 1 atom stereocenters. The zero-order valence-electron chi connectivity index (χ0n) is 9.14. The summed E-state index contributed by atoms with van der Waals surface area (Å²) in [5, 5.41) is 0. The molecule has 5 heteroatoms. The predicted molar refractivity (Wildman–Crippen MR) is 60.9 cm³/mol. The number of rotatable bonds is 2. The fourth-order valence-corrected chi connectivity index (χ4v) is 2.47.